The molecule has 0 fully saturated rings. The van der Waals surface area contributed by atoms with Gasteiger partial charge in [-0.3, -0.25) is 4.79 Å². The summed E-state index contributed by atoms with van der Waals surface area (Å²) < 4.78 is 27.4. The van der Waals surface area contributed by atoms with Crippen molar-refractivity contribution in [2.24, 2.45) is 7.05 Å². The zero-order valence-electron chi connectivity index (χ0n) is 10.6. The minimum absolute atomic E-state index is 0.0327. The molecule has 4 nitrogen and oxygen atoms in total. The van der Waals surface area contributed by atoms with Gasteiger partial charge in [0, 0.05) is 31.4 Å². The Labute approximate surface area is 112 Å². The maximum Gasteiger partial charge on any atom is 0.341 e. The van der Waals surface area contributed by atoms with E-state index in [0.29, 0.717) is 5.56 Å². The molecule has 0 atom stereocenters. The average molecular weight is 279 g/mol. The van der Waals surface area contributed by atoms with E-state index in [4.69, 9.17) is 5.11 Å². The fourth-order valence-corrected chi connectivity index (χ4v) is 1.92. The molecule has 1 aromatic carbocycles. The summed E-state index contributed by atoms with van der Waals surface area (Å²) in [6, 6.07) is 3.31. The first-order valence-corrected chi connectivity index (χ1v) is 5.75. The topological polar surface area (TPSA) is 59.3 Å². The smallest absolute Gasteiger partial charge is 0.341 e. The maximum absolute atomic E-state index is 13.1. The van der Waals surface area contributed by atoms with Crippen LogP contribution >= 0.6 is 0 Å². The number of aryl methyl sites for hydroxylation is 1. The maximum atomic E-state index is 13.1. The molecule has 6 heteroatoms. The lowest BCUT2D eigenvalue weighted by atomic mass is 10.0. The first kappa shape index (κ1) is 13.9. The molecule has 20 heavy (non-hydrogen) atoms. The largest absolute Gasteiger partial charge is 0.477 e. The van der Waals surface area contributed by atoms with Crippen molar-refractivity contribution in [3.05, 3.63) is 69.1 Å². The number of hydrogen-bond donors (Lipinski definition) is 1. The van der Waals surface area contributed by atoms with Gasteiger partial charge in [-0.2, -0.15) is 0 Å². The van der Waals surface area contributed by atoms with Gasteiger partial charge in [-0.1, -0.05) is 6.07 Å². The van der Waals surface area contributed by atoms with Crippen LogP contribution in [0.3, 0.4) is 0 Å². The van der Waals surface area contributed by atoms with Crippen LogP contribution in [0.15, 0.2) is 35.4 Å². The molecule has 2 aromatic rings. The summed E-state index contributed by atoms with van der Waals surface area (Å²) in [6.07, 6.45) is 2.71. The summed E-state index contributed by atoms with van der Waals surface area (Å²) >= 11 is 0. The summed E-state index contributed by atoms with van der Waals surface area (Å²) in [5.74, 6) is -3.30. The van der Waals surface area contributed by atoms with E-state index in [1.54, 1.807) is 7.05 Å². The van der Waals surface area contributed by atoms with E-state index in [1.807, 2.05) is 0 Å². The summed E-state index contributed by atoms with van der Waals surface area (Å²) in [6.45, 7) is 0. The predicted molar refractivity (Wildman–Crippen MR) is 67.8 cm³/mol. The number of benzene rings is 1. The highest BCUT2D eigenvalue weighted by atomic mass is 19.2. The van der Waals surface area contributed by atoms with Crippen LogP contribution in [-0.4, -0.2) is 15.6 Å². The molecule has 0 aliphatic carbocycles. The lowest BCUT2D eigenvalue weighted by molar-refractivity contribution is 0.0694. The molecule has 2 rings (SSSR count). The van der Waals surface area contributed by atoms with Crippen molar-refractivity contribution in [1.82, 2.24) is 4.57 Å². The average Bonchev–Trinajstić information content (AvgIpc) is 2.37. The van der Waals surface area contributed by atoms with Gasteiger partial charge in [0.1, 0.15) is 5.56 Å². The second kappa shape index (κ2) is 5.24. The zero-order chi connectivity index (χ0) is 14.9. The number of aromatic carboxylic acids is 1. The van der Waals surface area contributed by atoms with Crippen molar-refractivity contribution in [2.75, 3.05) is 0 Å². The standard InChI is InChI=1S/C14H11F2NO3/c1-17-6-9(13(18)10(7-17)14(19)20)4-8-2-3-11(15)12(16)5-8/h2-3,5-7H,4H2,1H3,(H,19,20). The number of nitrogens with zero attached hydrogens (tertiary/aromatic N) is 1. The molecule has 0 aliphatic heterocycles. The Bertz CT molecular complexity index is 738. The van der Waals surface area contributed by atoms with Gasteiger partial charge in [-0.05, 0) is 17.7 Å². The molecular formula is C14H11F2NO3. The van der Waals surface area contributed by atoms with Crippen LogP contribution in [0, 0.1) is 11.6 Å². The summed E-state index contributed by atoms with van der Waals surface area (Å²) in [5.41, 5.74) is -0.380. The Hall–Kier alpha value is -2.50. The Kier molecular flexibility index (Phi) is 3.65. The van der Waals surface area contributed by atoms with Gasteiger partial charge in [0.05, 0.1) is 0 Å². The number of rotatable bonds is 3. The first-order chi connectivity index (χ1) is 9.38. The molecule has 0 saturated carbocycles. The van der Waals surface area contributed by atoms with E-state index >= 15 is 0 Å². The zero-order valence-corrected chi connectivity index (χ0v) is 10.6. The molecular weight excluding hydrogens is 268 g/mol. The second-order valence-corrected chi connectivity index (χ2v) is 4.42. The summed E-state index contributed by atoms with van der Waals surface area (Å²) in [7, 11) is 1.58. The van der Waals surface area contributed by atoms with Crippen molar-refractivity contribution in [2.45, 2.75) is 6.42 Å². The molecule has 104 valence electrons. The van der Waals surface area contributed by atoms with Gasteiger partial charge in [0.15, 0.2) is 17.1 Å². The third-order valence-electron chi connectivity index (χ3n) is 2.84. The molecule has 1 heterocycles. The number of carboxylic acids is 1. The van der Waals surface area contributed by atoms with E-state index < -0.39 is 23.0 Å². The van der Waals surface area contributed by atoms with Crippen molar-refractivity contribution in [3.63, 3.8) is 0 Å². The molecule has 0 unspecified atom stereocenters. The number of carboxylic acid groups (broad SMARTS) is 1. The van der Waals surface area contributed by atoms with Gasteiger partial charge < -0.3 is 9.67 Å². The second-order valence-electron chi connectivity index (χ2n) is 4.42. The number of aromatic nitrogens is 1. The highest BCUT2D eigenvalue weighted by molar-refractivity contribution is 5.87. The molecule has 0 spiro atoms. The van der Waals surface area contributed by atoms with E-state index in [0.717, 1.165) is 12.1 Å². The normalized spacial score (nSPS) is 10.6. The van der Waals surface area contributed by atoms with E-state index in [-0.39, 0.29) is 17.5 Å². The van der Waals surface area contributed by atoms with Crippen LogP contribution < -0.4 is 5.43 Å². The monoisotopic (exact) mass is 279 g/mol. The molecule has 0 bridgehead atoms. The predicted octanol–water partition coefficient (Wildman–Crippen LogP) is 1.95. The van der Waals surface area contributed by atoms with Crippen LogP contribution in [-0.2, 0) is 13.5 Å². The summed E-state index contributed by atoms with van der Waals surface area (Å²) in [4.78, 5) is 22.9. The third-order valence-corrected chi connectivity index (χ3v) is 2.84. The quantitative estimate of drug-likeness (QED) is 0.934. The summed E-state index contributed by atoms with van der Waals surface area (Å²) in [5, 5.41) is 8.94. The van der Waals surface area contributed by atoms with Crippen molar-refractivity contribution >= 4 is 5.97 Å². The highest BCUT2D eigenvalue weighted by Crippen LogP contribution is 2.12. The van der Waals surface area contributed by atoms with Gasteiger partial charge in [-0.25, -0.2) is 13.6 Å². The minimum Gasteiger partial charge on any atom is -0.477 e. The van der Waals surface area contributed by atoms with Crippen molar-refractivity contribution in [1.29, 1.82) is 0 Å². The first-order valence-electron chi connectivity index (χ1n) is 5.75. The number of carbonyl (C=O) groups is 1. The molecule has 1 N–H and O–H groups in total. The van der Waals surface area contributed by atoms with Crippen LogP contribution in [0.5, 0.6) is 0 Å². The molecule has 1 aromatic heterocycles. The molecule has 0 radical (unpaired) electrons. The van der Waals surface area contributed by atoms with Gasteiger partial charge >= 0.3 is 5.97 Å². The van der Waals surface area contributed by atoms with Gasteiger partial charge in [0.25, 0.3) is 0 Å². The van der Waals surface area contributed by atoms with Crippen molar-refractivity contribution < 1.29 is 18.7 Å². The highest BCUT2D eigenvalue weighted by Gasteiger charge is 2.14. The Morgan fingerprint density at radius 1 is 1.25 bits per heavy atom. The van der Waals surface area contributed by atoms with E-state index in [2.05, 4.69) is 0 Å². The van der Waals surface area contributed by atoms with Crippen LogP contribution in [0.2, 0.25) is 0 Å². The third kappa shape index (κ3) is 2.74. The van der Waals surface area contributed by atoms with Crippen LogP contribution in [0.4, 0.5) is 8.78 Å². The Morgan fingerprint density at radius 2 is 1.95 bits per heavy atom. The van der Waals surface area contributed by atoms with E-state index in [1.165, 1.54) is 23.0 Å². The van der Waals surface area contributed by atoms with E-state index in [9.17, 15) is 18.4 Å². The lowest BCUT2D eigenvalue weighted by Crippen LogP contribution is -2.21. The Balaban J connectivity index is 2.45. The number of hydrogen-bond acceptors (Lipinski definition) is 2. The SMILES string of the molecule is Cn1cc(Cc2ccc(F)c(F)c2)c(=O)c(C(=O)O)c1. The molecule has 0 amide bonds. The van der Waals surface area contributed by atoms with Crippen molar-refractivity contribution in [3.8, 4) is 0 Å². The number of pyridine rings is 1. The minimum atomic E-state index is -1.32. The van der Waals surface area contributed by atoms with Gasteiger partial charge in [-0.15, -0.1) is 0 Å². The molecule has 0 aliphatic rings. The number of halogens is 2. The fourth-order valence-electron chi connectivity index (χ4n) is 1.92. The van der Waals surface area contributed by atoms with Crippen LogP contribution in [0.1, 0.15) is 21.5 Å². The van der Waals surface area contributed by atoms with Crippen LogP contribution in [0.25, 0.3) is 0 Å². The molecule has 0 saturated heterocycles. The lowest BCUT2D eigenvalue weighted by Gasteiger charge is -2.06. The fraction of sp³-hybridized carbons (Fsp3) is 0.143. The Morgan fingerprint density at radius 3 is 2.55 bits per heavy atom. The van der Waals surface area contributed by atoms with Gasteiger partial charge in [0.2, 0.25) is 0 Å².